The molecule has 0 heterocycles. The highest BCUT2D eigenvalue weighted by atomic mass is 16.5. The average Bonchev–Trinajstić information content (AvgIpc) is 2.56. The second-order valence-corrected chi connectivity index (χ2v) is 4.72. The number of phenols is 2. The van der Waals surface area contributed by atoms with Gasteiger partial charge in [0.25, 0.3) is 5.91 Å². The standard InChI is InChI=1S/C16H15NO7/c1-23-12-6-9(7-13(24-2)14(12)19)15(20)17-10-4-3-8(16(21)22)5-11(10)18/h3-7,18-19H,1-2H3,(H,17,20)(H,21,22). The van der Waals surface area contributed by atoms with Gasteiger partial charge in [-0.2, -0.15) is 0 Å². The molecule has 0 unspecified atom stereocenters. The second kappa shape index (κ2) is 6.78. The molecule has 2 aromatic carbocycles. The lowest BCUT2D eigenvalue weighted by molar-refractivity contribution is 0.0696. The van der Waals surface area contributed by atoms with E-state index in [0.29, 0.717) is 0 Å². The number of carboxylic acids is 1. The Morgan fingerprint density at radius 3 is 2.00 bits per heavy atom. The van der Waals surface area contributed by atoms with Crippen LogP contribution in [0.3, 0.4) is 0 Å². The molecule has 1 amide bonds. The number of anilines is 1. The van der Waals surface area contributed by atoms with Crippen molar-refractivity contribution in [1.82, 2.24) is 0 Å². The molecule has 0 aliphatic carbocycles. The molecule has 0 atom stereocenters. The van der Waals surface area contributed by atoms with Gasteiger partial charge >= 0.3 is 5.97 Å². The zero-order chi connectivity index (χ0) is 17.9. The van der Waals surface area contributed by atoms with E-state index in [2.05, 4.69) is 5.32 Å². The number of amides is 1. The van der Waals surface area contributed by atoms with Crippen molar-refractivity contribution in [2.24, 2.45) is 0 Å². The molecule has 0 aromatic heterocycles. The normalized spacial score (nSPS) is 10.1. The molecule has 0 aliphatic heterocycles. The summed E-state index contributed by atoms with van der Waals surface area (Å²) in [6, 6.07) is 6.14. The van der Waals surface area contributed by atoms with Crippen molar-refractivity contribution in [3.63, 3.8) is 0 Å². The minimum Gasteiger partial charge on any atom is -0.506 e. The number of phenolic OH excluding ortho intramolecular Hbond substituents is 2. The molecule has 8 heteroatoms. The number of carbonyl (C=O) groups excluding carboxylic acids is 1. The molecule has 4 N–H and O–H groups in total. The molecule has 0 bridgehead atoms. The molecule has 2 rings (SSSR count). The largest absolute Gasteiger partial charge is 0.506 e. The Hall–Kier alpha value is -3.42. The van der Waals surface area contributed by atoms with Gasteiger partial charge in [0.15, 0.2) is 11.5 Å². The molecule has 0 fully saturated rings. The Bertz CT molecular complexity index is 776. The van der Waals surface area contributed by atoms with Gasteiger partial charge in [-0.25, -0.2) is 4.79 Å². The minimum atomic E-state index is -1.20. The third-order valence-electron chi connectivity index (χ3n) is 3.23. The number of methoxy groups -OCH3 is 2. The Kier molecular flexibility index (Phi) is 4.78. The van der Waals surface area contributed by atoms with Gasteiger partial charge < -0.3 is 30.1 Å². The van der Waals surface area contributed by atoms with E-state index in [0.717, 1.165) is 6.07 Å². The molecule has 0 aliphatic rings. The number of carboxylic acid groups (broad SMARTS) is 1. The number of hydrogen-bond donors (Lipinski definition) is 4. The molecule has 8 nitrogen and oxygen atoms in total. The van der Waals surface area contributed by atoms with E-state index in [-0.39, 0.29) is 39.8 Å². The van der Waals surface area contributed by atoms with E-state index < -0.39 is 11.9 Å². The number of ether oxygens (including phenoxy) is 2. The second-order valence-electron chi connectivity index (χ2n) is 4.72. The maximum Gasteiger partial charge on any atom is 0.335 e. The van der Waals surface area contributed by atoms with Gasteiger partial charge in [0.2, 0.25) is 5.75 Å². The Labute approximate surface area is 136 Å². The Morgan fingerprint density at radius 2 is 1.54 bits per heavy atom. The van der Waals surface area contributed by atoms with Gasteiger partial charge in [-0.05, 0) is 30.3 Å². The lowest BCUT2D eigenvalue weighted by atomic mass is 10.1. The summed E-state index contributed by atoms with van der Waals surface area (Å²) < 4.78 is 9.94. The molecular formula is C16H15NO7. The van der Waals surface area contributed by atoms with Crippen molar-refractivity contribution in [2.75, 3.05) is 19.5 Å². The maximum absolute atomic E-state index is 12.3. The SMILES string of the molecule is COc1cc(C(=O)Nc2ccc(C(=O)O)cc2O)cc(OC)c1O. The summed E-state index contributed by atoms with van der Waals surface area (Å²) in [5.41, 5.74) is 0.0395. The van der Waals surface area contributed by atoms with E-state index in [1.54, 1.807) is 0 Å². The smallest absolute Gasteiger partial charge is 0.335 e. The monoisotopic (exact) mass is 333 g/mol. The first kappa shape index (κ1) is 16.9. The van der Waals surface area contributed by atoms with Crippen LogP contribution in [0.4, 0.5) is 5.69 Å². The fourth-order valence-electron chi connectivity index (χ4n) is 1.99. The molecule has 24 heavy (non-hydrogen) atoms. The third kappa shape index (κ3) is 3.32. The van der Waals surface area contributed by atoms with E-state index >= 15 is 0 Å². The topological polar surface area (TPSA) is 125 Å². The molecule has 0 spiro atoms. The predicted octanol–water partition coefficient (Wildman–Crippen LogP) is 2.07. The van der Waals surface area contributed by atoms with Gasteiger partial charge in [-0.3, -0.25) is 4.79 Å². The van der Waals surface area contributed by atoms with Crippen LogP contribution in [-0.2, 0) is 0 Å². The van der Waals surface area contributed by atoms with E-state index in [9.17, 15) is 19.8 Å². The van der Waals surface area contributed by atoms with Gasteiger partial charge in [-0.15, -0.1) is 0 Å². The highest BCUT2D eigenvalue weighted by molar-refractivity contribution is 6.06. The van der Waals surface area contributed by atoms with Crippen LogP contribution in [0.25, 0.3) is 0 Å². The maximum atomic E-state index is 12.3. The van der Waals surface area contributed by atoms with Crippen LogP contribution in [0.2, 0.25) is 0 Å². The van der Waals surface area contributed by atoms with E-state index in [4.69, 9.17) is 14.6 Å². The zero-order valence-electron chi connectivity index (χ0n) is 12.9. The zero-order valence-corrected chi connectivity index (χ0v) is 12.9. The molecule has 0 radical (unpaired) electrons. The van der Waals surface area contributed by atoms with Gasteiger partial charge in [0.05, 0.1) is 25.5 Å². The number of carbonyl (C=O) groups is 2. The number of hydrogen-bond acceptors (Lipinski definition) is 6. The van der Waals surface area contributed by atoms with Gasteiger partial charge in [0.1, 0.15) is 5.75 Å². The van der Waals surface area contributed by atoms with E-state index in [1.165, 1.54) is 38.5 Å². The number of aromatic carboxylic acids is 1. The fourth-order valence-corrected chi connectivity index (χ4v) is 1.99. The number of nitrogens with one attached hydrogen (secondary N) is 1. The molecule has 2 aromatic rings. The summed E-state index contributed by atoms with van der Waals surface area (Å²) in [5, 5.41) is 30.9. The highest BCUT2D eigenvalue weighted by Crippen LogP contribution is 2.37. The van der Waals surface area contributed by atoms with Gasteiger partial charge in [0, 0.05) is 5.56 Å². The van der Waals surface area contributed by atoms with Crippen LogP contribution in [0, 0.1) is 0 Å². The van der Waals surface area contributed by atoms with Crippen molar-refractivity contribution in [3.05, 3.63) is 41.5 Å². The lowest BCUT2D eigenvalue weighted by Gasteiger charge is -2.12. The van der Waals surface area contributed by atoms with Crippen molar-refractivity contribution in [1.29, 1.82) is 0 Å². The summed E-state index contributed by atoms with van der Waals surface area (Å²) in [5.74, 6) is -2.35. The fraction of sp³-hybridized carbons (Fsp3) is 0.125. The first-order chi connectivity index (χ1) is 11.4. The third-order valence-corrected chi connectivity index (χ3v) is 3.23. The molecule has 126 valence electrons. The Morgan fingerprint density at radius 1 is 0.958 bits per heavy atom. The van der Waals surface area contributed by atoms with Crippen LogP contribution in [-0.4, -0.2) is 41.4 Å². The quantitative estimate of drug-likeness (QED) is 0.617. The average molecular weight is 333 g/mol. The van der Waals surface area contributed by atoms with Crippen molar-refractivity contribution in [3.8, 4) is 23.0 Å². The minimum absolute atomic E-state index is 0.0380. The van der Waals surface area contributed by atoms with Crippen molar-refractivity contribution >= 4 is 17.6 Å². The van der Waals surface area contributed by atoms with Crippen LogP contribution in [0.15, 0.2) is 30.3 Å². The van der Waals surface area contributed by atoms with Gasteiger partial charge in [-0.1, -0.05) is 0 Å². The molecule has 0 saturated heterocycles. The summed E-state index contributed by atoms with van der Waals surface area (Å²) >= 11 is 0. The Balaban J connectivity index is 2.32. The van der Waals surface area contributed by atoms with Crippen molar-refractivity contribution < 1.29 is 34.4 Å². The number of rotatable bonds is 5. The van der Waals surface area contributed by atoms with Crippen LogP contribution >= 0.6 is 0 Å². The summed E-state index contributed by atoms with van der Waals surface area (Å²) in [7, 11) is 2.65. The first-order valence-electron chi connectivity index (χ1n) is 6.70. The van der Waals surface area contributed by atoms with E-state index in [1.807, 2.05) is 0 Å². The highest BCUT2D eigenvalue weighted by Gasteiger charge is 2.17. The first-order valence-corrected chi connectivity index (χ1v) is 6.70. The lowest BCUT2D eigenvalue weighted by Crippen LogP contribution is -2.12. The summed E-state index contributed by atoms with van der Waals surface area (Å²) in [4.78, 5) is 23.1. The number of benzene rings is 2. The molecular weight excluding hydrogens is 318 g/mol. The molecule has 0 saturated carbocycles. The summed E-state index contributed by atoms with van der Waals surface area (Å²) in [6.45, 7) is 0. The van der Waals surface area contributed by atoms with Crippen molar-refractivity contribution in [2.45, 2.75) is 0 Å². The summed E-state index contributed by atoms with van der Waals surface area (Å²) in [6.07, 6.45) is 0. The number of aromatic hydroxyl groups is 2. The van der Waals surface area contributed by atoms with Crippen LogP contribution in [0.1, 0.15) is 20.7 Å². The van der Waals surface area contributed by atoms with Crippen LogP contribution < -0.4 is 14.8 Å². The van der Waals surface area contributed by atoms with Crippen LogP contribution in [0.5, 0.6) is 23.0 Å². The predicted molar refractivity (Wildman–Crippen MR) is 84.2 cm³/mol.